The third-order valence-electron chi connectivity index (χ3n) is 6.04. The summed E-state index contributed by atoms with van der Waals surface area (Å²) >= 11 is 3.08. The van der Waals surface area contributed by atoms with Gasteiger partial charge in [0, 0.05) is 29.7 Å². The number of hydrogen-bond acceptors (Lipinski definition) is 6. The summed E-state index contributed by atoms with van der Waals surface area (Å²) in [6.45, 7) is 5.85. The molecule has 34 heavy (non-hydrogen) atoms. The van der Waals surface area contributed by atoms with Crippen molar-refractivity contribution in [3.8, 4) is 0 Å². The van der Waals surface area contributed by atoms with Crippen LogP contribution in [0.4, 0.5) is 0 Å². The Morgan fingerprint density at radius 2 is 1.26 bits per heavy atom. The zero-order valence-electron chi connectivity index (χ0n) is 22.7. The van der Waals surface area contributed by atoms with Gasteiger partial charge in [0.15, 0.2) is 5.12 Å². The molecule has 202 valence electrons. The summed E-state index contributed by atoms with van der Waals surface area (Å²) in [6, 6.07) is 0. The summed E-state index contributed by atoms with van der Waals surface area (Å²) in [5.41, 5.74) is 0. The zero-order valence-corrected chi connectivity index (χ0v) is 24.3. The maximum absolute atomic E-state index is 12.0. The number of carbonyl (C=O) groups excluding carboxylic acids is 2. The molecule has 0 aliphatic carbocycles. The molecule has 0 rings (SSSR count). The largest absolute Gasteiger partial charge is 0.466 e. The number of rotatable bonds is 26. The molecule has 1 unspecified atom stereocenters. The van der Waals surface area contributed by atoms with E-state index in [0.717, 1.165) is 25.1 Å². The highest BCUT2D eigenvalue weighted by molar-refractivity contribution is 8.13. The van der Waals surface area contributed by atoms with E-state index < -0.39 is 0 Å². The molecule has 0 aliphatic rings. The van der Waals surface area contributed by atoms with Crippen molar-refractivity contribution in [3.63, 3.8) is 0 Å². The number of nitrogens with one attached hydrogen (secondary N) is 1. The number of hydrogen-bond donors (Lipinski definition) is 1. The summed E-state index contributed by atoms with van der Waals surface area (Å²) < 4.78 is 5.31. The zero-order chi connectivity index (χ0) is 25.1. The fraction of sp³-hybridized carbons (Fsp3) is 0.929. The molecule has 0 aliphatic heterocycles. The number of unbranched alkanes of at least 4 members (excludes halogenated alkanes) is 15. The van der Waals surface area contributed by atoms with Crippen LogP contribution in [0.25, 0.3) is 0 Å². The normalized spacial score (nSPS) is 12.1. The second-order valence-electron chi connectivity index (χ2n) is 9.48. The molecule has 0 spiro atoms. The monoisotopic (exact) mass is 517 g/mol. The van der Waals surface area contributed by atoms with Crippen molar-refractivity contribution < 1.29 is 14.3 Å². The third kappa shape index (κ3) is 26.4. The van der Waals surface area contributed by atoms with Crippen molar-refractivity contribution in [1.29, 1.82) is 0 Å². The minimum absolute atomic E-state index is 0.169. The average Bonchev–Trinajstić information content (AvgIpc) is 2.81. The van der Waals surface area contributed by atoms with E-state index in [2.05, 4.69) is 19.2 Å². The van der Waals surface area contributed by atoms with Crippen LogP contribution in [0.3, 0.4) is 0 Å². The number of thioether (sulfide) groups is 2. The van der Waals surface area contributed by atoms with E-state index in [1.807, 2.05) is 18.8 Å². The van der Waals surface area contributed by atoms with Crippen LogP contribution < -0.4 is 5.32 Å². The van der Waals surface area contributed by atoms with Crippen LogP contribution >= 0.6 is 23.5 Å². The van der Waals surface area contributed by atoms with Gasteiger partial charge in [0.1, 0.15) is 0 Å². The van der Waals surface area contributed by atoms with Gasteiger partial charge < -0.3 is 10.1 Å². The molecule has 1 N–H and O–H groups in total. The Labute approximate surface area is 220 Å². The quantitative estimate of drug-likeness (QED) is 0.0922. The van der Waals surface area contributed by atoms with Crippen molar-refractivity contribution in [3.05, 3.63) is 0 Å². The number of ether oxygens (including phenoxy) is 1. The topological polar surface area (TPSA) is 55.4 Å². The van der Waals surface area contributed by atoms with Crippen molar-refractivity contribution in [2.75, 3.05) is 31.7 Å². The van der Waals surface area contributed by atoms with Crippen LogP contribution in [0.2, 0.25) is 0 Å². The molecule has 4 nitrogen and oxygen atoms in total. The van der Waals surface area contributed by atoms with Crippen LogP contribution in [-0.4, -0.2) is 48.0 Å². The van der Waals surface area contributed by atoms with E-state index in [1.165, 1.54) is 102 Å². The van der Waals surface area contributed by atoms with Gasteiger partial charge in [-0.25, -0.2) is 0 Å². The van der Waals surface area contributed by atoms with Crippen LogP contribution in [0.5, 0.6) is 0 Å². The molecule has 0 radical (unpaired) electrons. The van der Waals surface area contributed by atoms with Gasteiger partial charge >= 0.3 is 5.97 Å². The van der Waals surface area contributed by atoms with Gasteiger partial charge in [-0.05, 0) is 13.5 Å². The Morgan fingerprint density at radius 3 is 1.76 bits per heavy atom. The van der Waals surface area contributed by atoms with Gasteiger partial charge in [0.2, 0.25) is 0 Å². The molecule has 0 bridgehead atoms. The molecule has 0 saturated heterocycles. The van der Waals surface area contributed by atoms with Gasteiger partial charge in [0.05, 0.1) is 13.0 Å². The van der Waals surface area contributed by atoms with Gasteiger partial charge in [0.25, 0.3) is 0 Å². The highest BCUT2D eigenvalue weighted by atomic mass is 32.2. The Balaban J connectivity index is 3.31. The van der Waals surface area contributed by atoms with Crippen molar-refractivity contribution in [2.24, 2.45) is 0 Å². The SMILES string of the molecule is CCCCCCCCCCCCCCCCCCOC(=O)CCSC(=O)CC(C)SCCNC. The molecular weight excluding hydrogens is 462 g/mol. The lowest BCUT2D eigenvalue weighted by atomic mass is 10.0. The minimum atomic E-state index is -0.169. The Morgan fingerprint density at radius 1 is 0.765 bits per heavy atom. The maximum atomic E-state index is 12.0. The maximum Gasteiger partial charge on any atom is 0.306 e. The lowest BCUT2D eigenvalue weighted by Crippen LogP contribution is -2.13. The molecule has 0 aromatic carbocycles. The molecule has 0 aromatic rings. The fourth-order valence-electron chi connectivity index (χ4n) is 3.87. The van der Waals surface area contributed by atoms with Crippen LogP contribution in [-0.2, 0) is 14.3 Å². The summed E-state index contributed by atoms with van der Waals surface area (Å²) in [5.74, 6) is 1.38. The lowest BCUT2D eigenvalue weighted by molar-refractivity contribution is -0.143. The molecular formula is C28H55NO3S2. The third-order valence-corrected chi connectivity index (χ3v) is 8.11. The molecule has 0 aromatic heterocycles. The van der Waals surface area contributed by atoms with Gasteiger partial charge in [-0.3, -0.25) is 9.59 Å². The fourth-order valence-corrected chi connectivity index (χ4v) is 5.83. The smallest absolute Gasteiger partial charge is 0.306 e. The lowest BCUT2D eigenvalue weighted by Gasteiger charge is -2.09. The summed E-state index contributed by atoms with van der Waals surface area (Å²) in [7, 11) is 1.94. The van der Waals surface area contributed by atoms with Gasteiger partial charge in [-0.15, -0.1) is 0 Å². The van der Waals surface area contributed by atoms with E-state index in [9.17, 15) is 9.59 Å². The van der Waals surface area contributed by atoms with Gasteiger partial charge in [-0.1, -0.05) is 122 Å². The first-order valence-corrected chi connectivity index (χ1v) is 16.2. The predicted octanol–water partition coefficient (Wildman–Crippen LogP) is 8.17. The van der Waals surface area contributed by atoms with Crippen molar-refractivity contribution >= 4 is 34.6 Å². The number of esters is 1. The van der Waals surface area contributed by atoms with E-state index in [0.29, 0.717) is 30.5 Å². The molecule has 0 amide bonds. The molecule has 0 saturated carbocycles. The van der Waals surface area contributed by atoms with Crippen molar-refractivity contribution in [2.45, 2.75) is 135 Å². The number of carbonyl (C=O) groups is 2. The average molecular weight is 518 g/mol. The Hall–Kier alpha value is -0.200. The summed E-state index contributed by atoms with van der Waals surface area (Å²) in [4.78, 5) is 23.8. The minimum Gasteiger partial charge on any atom is -0.466 e. The second kappa shape index (κ2) is 27.4. The highest BCUT2D eigenvalue weighted by Gasteiger charge is 2.11. The molecule has 0 fully saturated rings. The van der Waals surface area contributed by atoms with E-state index in [4.69, 9.17) is 4.74 Å². The molecule has 0 heterocycles. The molecule has 6 heteroatoms. The van der Waals surface area contributed by atoms with Crippen LogP contribution in [0, 0.1) is 0 Å². The Kier molecular flexibility index (Phi) is 27.2. The van der Waals surface area contributed by atoms with Crippen molar-refractivity contribution in [1.82, 2.24) is 5.32 Å². The highest BCUT2D eigenvalue weighted by Crippen LogP contribution is 2.18. The van der Waals surface area contributed by atoms with E-state index in [-0.39, 0.29) is 11.1 Å². The first-order valence-electron chi connectivity index (χ1n) is 14.2. The van der Waals surface area contributed by atoms with Gasteiger partial charge in [-0.2, -0.15) is 11.8 Å². The van der Waals surface area contributed by atoms with Crippen LogP contribution in [0.15, 0.2) is 0 Å². The second-order valence-corrected chi connectivity index (χ2v) is 12.2. The summed E-state index contributed by atoms with van der Waals surface area (Å²) in [6.07, 6.45) is 22.4. The van der Waals surface area contributed by atoms with E-state index >= 15 is 0 Å². The Bertz CT molecular complexity index is 463. The first kappa shape index (κ1) is 33.8. The van der Waals surface area contributed by atoms with Crippen LogP contribution in [0.1, 0.15) is 129 Å². The standard InChI is InChI=1S/C28H55NO3S2/c1-4-5-6-7-8-9-10-11-12-13-14-15-16-17-18-19-22-32-27(30)20-23-34-28(31)25-26(2)33-24-21-29-3/h26,29H,4-25H2,1-3H3. The molecule has 1 atom stereocenters. The summed E-state index contributed by atoms with van der Waals surface area (Å²) in [5, 5.41) is 3.62. The van der Waals surface area contributed by atoms with E-state index in [1.54, 1.807) is 0 Å². The first-order chi connectivity index (χ1) is 16.6. The predicted molar refractivity (Wildman–Crippen MR) is 153 cm³/mol.